The van der Waals surface area contributed by atoms with Crippen LogP contribution in [-0.4, -0.2) is 78.3 Å². The molecule has 0 aliphatic carbocycles. The van der Waals surface area contributed by atoms with Crippen molar-refractivity contribution in [1.29, 1.82) is 0 Å². The lowest BCUT2D eigenvalue weighted by atomic mass is 10.1. The highest BCUT2D eigenvalue weighted by molar-refractivity contribution is 5.81. The first-order valence-electron chi connectivity index (χ1n) is 13.3. The van der Waals surface area contributed by atoms with E-state index in [0.29, 0.717) is 38.2 Å². The largest absolute Gasteiger partial charge is 0.395 e. The molecule has 40 heavy (non-hydrogen) atoms. The molecule has 0 spiro atoms. The second kappa shape index (κ2) is 10.5. The van der Waals surface area contributed by atoms with E-state index in [4.69, 9.17) is 24.8 Å². The van der Waals surface area contributed by atoms with Crippen molar-refractivity contribution >= 4 is 22.8 Å². The van der Waals surface area contributed by atoms with Gasteiger partial charge >= 0.3 is 0 Å². The van der Waals surface area contributed by atoms with Gasteiger partial charge in [0.2, 0.25) is 17.5 Å². The maximum atomic E-state index is 11.6. The fraction of sp³-hybridized carbons (Fsp3) is 0.321. The van der Waals surface area contributed by atoms with Crippen molar-refractivity contribution in [3.63, 3.8) is 0 Å². The zero-order chi connectivity index (χ0) is 27.8. The zero-order valence-electron chi connectivity index (χ0n) is 22.6. The molecule has 5 aromatic rings. The van der Waals surface area contributed by atoms with Crippen LogP contribution in [0.3, 0.4) is 0 Å². The Hall–Kier alpha value is -4.55. The minimum Gasteiger partial charge on any atom is -0.395 e. The quantitative estimate of drug-likeness (QED) is 0.284. The summed E-state index contributed by atoms with van der Waals surface area (Å²) in [6.45, 7) is 8.26. The molecule has 4 aromatic heterocycles. The monoisotopic (exact) mass is 541 g/mol. The van der Waals surface area contributed by atoms with Gasteiger partial charge in [-0.3, -0.25) is 4.79 Å². The van der Waals surface area contributed by atoms with Gasteiger partial charge in [-0.1, -0.05) is 12.1 Å². The Bertz CT molecular complexity index is 1720. The van der Waals surface area contributed by atoms with Gasteiger partial charge < -0.3 is 25.0 Å². The number of aliphatic hydroxyl groups is 1. The number of hydrogen-bond donors (Lipinski definition) is 3. The average Bonchev–Trinajstić information content (AvgIpc) is 3.48. The smallest absolute Gasteiger partial charge is 0.248 e. The first-order chi connectivity index (χ1) is 19.4. The maximum Gasteiger partial charge on any atom is 0.248 e. The van der Waals surface area contributed by atoms with Gasteiger partial charge in [0.25, 0.3) is 0 Å². The van der Waals surface area contributed by atoms with Gasteiger partial charge in [-0.25, -0.2) is 19.2 Å². The molecule has 5 heterocycles. The van der Waals surface area contributed by atoms with E-state index < -0.39 is 0 Å². The van der Waals surface area contributed by atoms with Gasteiger partial charge in [-0.15, -0.1) is 0 Å². The number of fused-ring (bicyclic) bond motifs is 1. The predicted molar refractivity (Wildman–Crippen MR) is 153 cm³/mol. The summed E-state index contributed by atoms with van der Waals surface area (Å²) in [7, 11) is 0. The Morgan fingerprint density at radius 3 is 2.77 bits per heavy atom. The highest BCUT2D eigenvalue weighted by Crippen LogP contribution is 2.32. The van der Waals surface area contributed by atoms with Crippen LogP contribution in [0.25, 0.3) is 33.9 Å². The minimum atomic E-state index is -0.173. The van der Waals surface area contributed by atoms with Gasteiger partial charge in [0.15, 0.2) is 0 Å². The van der Waals surface area contributed by atoms with Gasteiger partial charge in [0.05, 0.1) is 59.7 Å². The van der Waals surface area contributed by atoms with Crippen LogP contribution in [0.2, 0.25) is 0 Å². The van der Waals surface area contributed by atoms with Crippen LogP contribution in [0, 0.1) is 13.8 Å². The number of anilines is 2. The van der Waals surface area contributed by atoms with Gasteiger partial charge in [-0.05, 0) is 39.0 Å². The van der Waals surface area contributed by atoms with E-state index in [0.717, 1.165) is 45.2 Å². The van der Waals surface area contributed by atoms with Crippen LogP contribution in [-0.2, 0) is 4.74 Å². The van der Waals surface area contributed by atoms with Crippen LogP contribution >= 0.6 is 0 Å². The average molecular weight is 542 g/mol. The topological polar surface area (TPSA) is 139 Å². The molecule has 6 rings (SSSR count). The molecule has 0 radical (unpaired) electrons. The van der Waals surface area contributed by atoms with E-state index in [1.165, 1.54) is 6.07 Å². The Morgan fingerprint density at radius 2 is 2.00 bits per heavy atom. The second-order valence-electron chi connectivity index (χ2n) is 9.81. The summed E-state index contributed by atoms with van der Waals surface area (Å²) >= 11 is 0. The molecule has 0 amide bonds. The molecule has 1 atom stereocenters. The molecule has 1 aromatic carbocycles. The number of rotatable bonds is 7. The second-order valence-corrected chi connectivity index (χ2v) is 9.81. The molecule has 1 aliphatic rings. The molecule has 206 valence electrons. The van der Waals surface area contributed by atoms with Crippen LogP contribution in [0.5, 0.6) is 0 Å². The molecule has 12 nitrogen and oxygen atoms in total. The molecular weight excluding hydrogens is 510 g/mol. The van der Waals surface area contributed by atoms with Crippen LogP contribution in [0.15, 0.2) is 53.5 Å². The first-order valence-corrected chi connectivity index (χ1v) is 13.3. The lowest BCUT2D eigenvalue weighted by Gasteiger charge is -2.34. The third-order valence-electron chi connectivity index (χ3n) is 7.08. The number of nitrogens with zero attached hydrogens (tertiary/aromatic N) is 7. The standard InChI is InChI=1S/C28H31N9O3/c1-17-16-40-13-11-35(17)24-14-22(26-18(2)34-37(19(26)3)20-8-9-25(39)30-15-20)32-28(33-24)36-23-7-5-4-6-21(23)31-27(36)29-10-12-38/h4-9,14-15,17,38H,10-13,16H2,1-3H3,(H,29,31)(H,30,39)/t17-/m1/s1. The molecule has 1 fully saturated rings. The lowest BCUT2D eigenvalue weighted by molar-refractivity contribution is 0.0985. The third-order valence-corrected chi connectivity index (χ3v) is 7.08. The number of aromatic nitrogens is 7. The van der Waals surface area contributed by atoms with E-state index in [-0.39, 0.29) is 18.2 Å². The summed E-state index contributed by atoms with van der Waals surface area (Å²) in [6, 6.07) is 13.2. The molecule has 1 aliphatic heterocycles. The van der Waals surface area contributed by atoms with Gasteiger partial charge in [0, 0.05) is 37.0 Å². The number of imidazole rings is 1. The summed E-state index contributed by atoms with van der Waals surface area (Å²) < 4.78 is 9.39. The van der Waals surface area contributed by atoms with Crippen molar-refractivity contribution in [2.24, 2.45) is 0 Å². The van der Waals surface area contributed by atoms with E-state index >= 15 is 0 Å². The van der Waals surface area contributed by atoms with Crippen LogP contribution < -0.4 is 15.8 Å². The summed E-state index contributed by atoms with van der Waals surface area (Å²) in [4.78, 5) is 31.5. The fourth-order valence-electron chi connectivity index (χ4n) is 5.18. The van der Waals surface area contributed by atoms with E-state index in [1.807, 2.05) is 48.7 Å². The van der Waals surface area contributed by atoms with E-state index in [2.05, 4.69) is 22.1 Å². The number of aromatic amines is 1. The number of ether oxygens (including phenoxy) is 1. The number of aliphatic hydroxyl groups excluding tert-OH is 1. The summed E-state index contributed by atoms with van der Waals surface area (Å²) in [5.74, 6) is 1.78. The molecule has 1 saturated heterocycles. The number of para-hydroxylation sites is 2. The number of nitrogens with one attached hydrogen (secondary N) is 2. The first kappa shape index (κ1) is 25.7. The molecule has 0 bridgehead atoms. The highest BCUT2D eigenvalue weighted by Gasteiger charge is 2.25. The number of benzene rings is 1. The van der Waals surface area contributed by atoms with Crippen molar-refractivity contribution in [3.8, 4) is 22.9 Å². The minimum absolute atomic E-state index is 0.0387. The third kappa shape index (κ3) is 4.61. The Balaban J connectivity index is 1.57. The fourth-order valence-corrected chi connectivity index (χ4v) is 5.18. The van der Waals surface area contributed by atoms with Gasteiger partial charge in [0.1, 0.15) is 5.82 Å². The summed E-state index contributed by atoms with van der Waals surface area (Å²) in [5.41, 5.74) is 5.48. The van der Waals surface area contributed by atoms with Crippen molar-refractivity contribution in [1.82, 2.24) is 34.3 Å². The van der Waals surface area contributed by atoms with E-state index in [1.54, 1.807) is 16.9 Å². The predicted octanol–water partition coefficient (Wildman–Crippen LogP) is 2.60. The van der Waals surface area contributed by atoms with Crippen molar-refractivity contribution in [2.45, 2.75) is 26.8 Å². The lowest BCUT2D eigenvalue weighted by Crippen LogP contribution is -2.44. The van der Waals surface area contributed by atoms with Crippen LogP contribution in [0.4, 0.5) is 11.8 Å². The molecular formula is C28H31N9O3. The van der Waals surface area contributed by atoms with Gasteiger partial charge in [-0.2, -0.15) is 10.1 Å². The van der Waals surface area contributed by atoms with Crippen molar-refractivity contribution in [3.05, 3.63) is 70.4 Å². The number of aryl methyl sites for hydroxylation is 1. The summed E-state index contributed by atoms with van der Waals surface area (Å²) in [6.07, 6.45) is 1.65. The molecule has 0 saturated carbocycles. The van der Waals surface area contributed by atoms with Crippen LogP contribution in [0.1, 0.15) is 18.3 Å². The molecule has 12 heteroatoms. The Kier molecular flexibility index (Phi) is 6.78. The molecule has 0 unspecified atom stereocenters. The Labute approximate surface area is 230 Å². The number of morpholine rings is 1. The zero-order valence-corrected chi connectivity index (χ0v) is 22.6. The normalized spacial score (nSPS) is 15.6. The number of hydrogen-bond acceptors (Lipinski definition) is 9. The molecule has 3 N–H and O–H groups in total. The Morgan fingerprint density at radius 1 is 1.15 bits per heavy atom. The van der Waals surface area contributed by atoms with Crippen molar-refractivity contribution < 1.29 is 9.84 Å². The number of H-pyrrole nitrogens is 1. The number of pyridine rings is 1. The SMILES string of the molecule is Cc1nn(-c2ccc(=O)[nH]c2)c(C)c1-c1cc(N2CCOC[C@H]2C)nc(-n2c(NCCO)nc3ccccc32)n1. The summed E-state index contributed by atoms with van der Waals surface area (Å²) in [5, 5.41) is 17.5. The highest BCUT2D eigenvalue weighted by atomic mass is 16.5. The maximum absolute atomic E-state index is 11.6. The van der Waals surface area contributed by atoms with E-state index in [9.17, 15) is 9.90 Å². The van der Waals surface area contributed by atoms with Crippen molar-refractivity contribution in [2.75, 3.05) is 43.1 Å².